The summed E-state index contributed by atoms with van der Waals surface area (Å²) in [5.41, 5.74) is 3.39. The molecule has 3 rings (SSSR count). The predicted octanol–water partition coefficient (Wildman–Crippen LogP) is 2.44. The molecule has 3 heterocycles. The molecule has 0 N–H and O–H groups in total. The molecule has 106 valence electrons. The van der Waals surface area contributed by atoms with E-state index in [1.165, 1.54) is 5.69 Å². The van der Waals surface area contributed by atoms with Crippen molar-refractivity contribution in [2.45, 2.75) is 39.7 Å². The van der Waals surface area contributed by atoms with E-state index in [0.29, 0.717) is 6.04 Å². The molecule has 0 aliphatic carbocycles. The van der Waals surface area contributed by atoms with Gasteiger partial charge in [0.1, 0.15) is 12.1 Å². The fourth-order valence-electron chi connectivity index (χ4n) is 2.97. The highest BCUT2D eigenvalue weighted by atomic mass is 15.3. The van der Waals surface area contributed by atoms with Crippen molar-refractivity contribution in [2.24, 2.45) is 0 Å². The number of rotatable bonds is 2. The van der Waals surface area contributed by atoms with Gasteiger partial charge in [-0.3, -0.25) is 4.68 Å². The molecule has 0 radical (unpaired) electrons. The lowest BCUT2D eigenvalue weighted by molar-refractivity contribution is 0.359. The molecule has 0 saturated carbocycles. The van der Waals surface area contributed by atoms with Gasteiger partial charge < -0.3 is 4.90 Å². The molecule has 0 atom stereocenters. The van der Waals surface area contributed by atoms with Gasteiger partial charge in [-0.1, -0.05) is 0 Å². The number of hydrogen-bond acceptors (Lipinski definition) is 4. The molecule has 0 aromatic carbocycles. The topological polar surface area (TPSA) is 46.8 Å². The maximum Gasteiger partial charge on any atom is 0.132 e. The summed E-state index contributed by atoms with van der Waals surface area (Å²) >= 11 is 0. The molecule has 2 aromatic rings. The Hall–Kier alpha value is -1.91. The molecule has 20 heavy (non-hydrogen) atoms. The number of hydrogen-bond donors (Lipinski definition) is 0. The lowest BCUT2D eigenvalue weighted by Gasteiger charge is -2.33. The second-order valence-electron chi connectivity index (χ2n) is 5.61. The van der Waals surface area contributed by atoms with Crippen LogP contribution in [0.15, 0.2) is 18.5 Å². The SMILES string of the molecule is Cc1cc(N2CCC(n3nc(C)cc3C)CC2)ncn1. The van der Waals surface area contributed by atoms with Crippen LogP contribution in [-0.4, -0.2) is 32.8 Å². The van der Waals surface area contributed by atoms with E-state index in [9.17, 15) is 0 Å². The molecule has 5 nitrogen and oxygen atoms in total. The Morgan fingerprint density at radius 3 is 2.35 bits per heavy atom. The Kier molecular flexibility index (Phi) is 3.42. The Labute approximate surface area is 119 Å². The van der Waals surface area contributed by atoms with E-state index in [1.807, 2.05) is 6.92 Å². The average Bonchev–Trinajstić information content (AvgIpc) is 2.78. The van der Waals surface area contributed by atoms with E-state index < -0.39 is 0 Å². The fourth-order valence-corrected chi connectivity index (χ4v) is 2.97. The largest absolute Gasteiger partial charge is 0.356 e. The van der Waals surface area contributed by atoms with Crippen molar-refractivity contribution in [1.82, 2.24) is 19.7 Å². The highest BCUT2D eigenvalue weighted by molar-refractivity contribution is 5.39. The Balaban J connectivity index is 1.69. The van der Waals surface area contributed by atoms with Crippen LogP contribution in [0, 0.1) is 20.8 Å². The van der Waals surface area contributed by atoms with Gasteiger partial charge in [-0.15, -0.1) is 0 Å². The highest BCUT2D eigenvalue weighted by Gasteiger charge is 2.23. The van der Waals surface area contributed by atoms with Gasteiger partial charge in [0.2, 0.25) is 0 Å². The zero-order valence-electron chi connectivity index (χ0n) is 12.4. The minimum atomic E-state index is 0.517. The van der Waals surface area contributed by atoms with E-state index in [-0.39, 0.29) is 0 Å². The van der Waals surface area contributed by atoms with Crippen LogP contribution in [0.4, 0.5) is 5.82 Å². The summed E-state index contributed by atoms with van der Waals surface area (Å²) in [6.45, 7) is 8.26. The van der Waals surface area contributed by atoms with Crippen LogP contribution >= 0.6 is 0 Å². The standard InChI is InChI=1S/C15H21N5/c1-11-9-15(17-10-16-11)19-6-4-14(5-7-19)20-13(3)8-12(2)18-20/h8-10,14H,4-7H2,1-3H3. The van der Waals surface area contributed by atoms with Crippen molar-refractivity contribution in [1.29, 1.82) is 0 Å². The second kappa shape index (κ2) is 5.23. The summed E-state index contributed by atoms with van der Waals surface area (Å²) in [5, 5.41) is 4.62. The van der Waals surface area contributed by atoms with Crippen molar-refractivity contribution >= 4 is 5.82 Å². The molecule has 1 aliphatic rings. The normalized spacial score (nSPS) is 16.6. The molecule has 1 fully saturated rings. The number of aryl methyl sites for hydroxylation is 3. The minimum Gasteiger partial charge on any atom is -0.356 e. The smallest absolute Gasteiger partial charge is 0.132 e. The van der Waals surface area contributed by atoms with Gasteiger partial charge in [-0.05, 0) is 39.7 Å². The Morgan fingerprint density at radius 2 is 1.75 bits per heavy atom. The van der Waals surface area contributed by atoms with Crippen LogP contribution in [0.2, 0.25) is 0 Å². The number of piperidine rings is 1. The number of anilines is 1. The van der Waals surface area contributed by atoms with Crippen molar-refractivity contribution in [3.8, 4) is 0 Å². The molecular weight excluding hydrogens is 250 g/mol. The number of nitrogens with zero attached hydrogens (tertiary/aromatic N) is 5. The predicted molar refractivity (Wildman–Crippen MR) is 79.0 cm³/mol. The second-order valence-corrected chi connectivity index (χ2v) is 5.61. The van der Waals surface area contributed by atoms with Gasteiger partial charge in [-0.2, -0.15) is 5.10 Å². The summed E-state index contributed by atoms with van der Waals surface area (Å²) in [5.74, 6) is 1.05. The first kappa shape index (κ1) is 13.1. The van der Waals surface area contributed by atoms with Gasteiger partial charge in [0.15, 0.2) is 0 Å². The van der Waals surface area contributed by atoms with E-state index in [1.54, 1.807) is 6.33 Å². The molecule has 2 aromatic heterocycles. The van der Waals surface area contributed by atoms with Gasteiger partial charge in [0.05, 0.1) is 11.7 Å². The van der Waals surface area contributed by atoms with Gasteiger partial charge in [-0.25, -0.2) is 9.97 Å². The summed E-state index contributed by atoms with van der Waals surface area (Å²) in [4.78, 5) is 10.9. The first-order valence-corrected chi connectivity index (χ1v) is 7.20. The zero-order chi connectivity index (χ0) is 14.1. The number of aromatic nitrogens is 4. The Bertz CT molecular complexity index is 596. The first-order chi connectivity index (χ1) is 9.63. The third-order valence-corrected chi connectivity index (χ3v) is 3.97. The lowest BCUT2D eigenvalue weighted by atomic mass is 10.0. The van der Waals surface area contributed by atoms with Crippen LogP contribution in [-0.2, 0) is 0 Å². The maximum absolute atomic E-state index is 4.62. The van der Waals surface area contributed by atoms with E-state index in [4.69, 9.17) is 0 Å². The first-order valence-electron chi connectivity index (χ1n) is 7.20. The molecule has 1 saturated heterocycles. The van der Waals surface area contributed by atoms with Crippen LogP contribution in [0.25, 0.3) is 0 Å². The summed E-state index contributed by atoms with van der Waals surface area (Å²) in [6, 6.07) is 4.73. The molecule has 0 unspecified atom stereocenters. The molecule has 0 spiro atoms. The van der Waals surface area contributed by atoms with E-state index >= 15 is 0 Å². The maximum atomic E-state index is 4.62. The van der Waals surface area contributed by atoms with Crippen LogP contribution < -0.4 is 4.90 Å². The zero-order valence-corrected chi connectivity index (χ0v) is 12.4. The fraction of sp³-hybridized carbons (Fsp3) is 0.533. The highest BCUT2D eigenvalue weighted by Crippen LogP contribution is 2.26. The van der Waals surface area contributed by atoms with E-state index in [2.05, 4.69) is 50.6 Å². The molecule has 0 amide bonds. The molecule has 5 heteroatoms. The third kappa shape index (κ3) is 2.53. The van der Waals surface area contributed by atoms with Crippen molar-refractivity contribution in [3.05, 3.63) is 35.5 Å². The quantitative estimate of drug-likeness (QED) is 0.841. The molecule has 0 bridgehead atoms. The Morgan fingerprint density at radius 1 is 1.00 bits per heavy atom. The third-order valence-electron chi connectivity index (χ3n) is 3.97. The van der Waals surface area contributed by atoms with Crippen LogP contribution in [0.5, 0.6) is 0 Å². The molecular formula is C15H21N5. The van der Waals surface area contributed by atoms with Gasteiger partial charge in [0.25, 0.3) is 0 Å². The van der Waals surface area contributed by atoms with Gasteiger partial charge in [0, 0.05) is 30.5 Å². The van der Waals surface area contributed by atoms with Gasteiger partial charge >= 0.3 is 0 Å². The minimum absolute atomic E-state index is 0.517. The monoisotopic (exact) mass is 271 g/mol. The van der Waals surface area contributed by atoms with Crippen molar-refractivity contribution in [3.63, 3.8) is 0 Å². The van der Waals surface area contributed by atoms with E-state index in [0.717, 1.165) is 43.1 Å². The van der Waals surface area contributed by atoms with Crippen LogP contribution in [0.1, 0.15) is 36.0 Å². The van der Waals surface area contributed by atoms with Crippen molar-refractivity contribution in [2.75, 3.05) is 18.0 Å². The summed E-state index contributed by atoms with van der Waals surface area (Å²) < 4.78 is 2.19. The molecule has 1 aliphatic heterocycles. The average molecular weight is 271 g/mol. The summed E-state index contributed by atoms with van der Waals surface area (Å²) in [6.07, 6.45) is 3.88. The summed E-state index contributed by atoms with van der Waals surface area (Å²) in [7, 11) is 0. The van der Waals surface area contributed by atoms with Crippen molar-refractivity contribution < 1.29 is 0 Å². The van der Waals surface area contributed by atoms with Crippen LogP contribution in [0.3, 0.4) is 0 Å². The lowest BCUT2D eigenvalue weighted by Crippen LogP contribution is -2.35.